The summed E-state index contributed by atoms with van der Waals surface area (Å²) < 4.78 is 11.7. The minimum Gasteiger partial charge on any atom is -0.484 e. The van der Waals surface area contributed by atoms with Gasteiger partial charge in [-0.1, -0.05) is 12.1 Å². The zero-order valence-electron chi connectivity index (χ0n) is 13.8. The predicted octanol–water partition coefficient (Wildman–Crippen LogP) is 2.90. The van der Waals surface area contributed by atoms with Gasteiger partial charge in [-0.25, -0.2) is 0 Å². The molecule has 0 unspecified atom stereocenters. The quantitative estimate of drug-likeness (QED) is 0.539. The number of hydrogen-bond donors (Lipinski definition) is 3. The fourth-order valence-corrected chi connectivity index (χ4v) is 2.50. The Kier molecular flexibility index (Phi) is 5.58. The maximum Gasteiger partial charge on any atom is 0.305 e. The smallest absolute Gasteiger partial charge is 0.305 e. The number of H-pyrrole nitrogens is 1. The number of benzene rings is 1. The minimum absolute atomic E-state index is 0.00938. The van der Waals surface area contributed by atoms with E-state index >= 15 is 0 Å². The normalized spacial score (nSPS) is 10.1. The topological polar surface area (TPSA) is 120 Å². The SMILES string of the molecule is N#Cc1ccccc1OCc1ccc(C(=O)NNC(=O)c2cc(Br)c[nH]2)o1. The van der Waals surface area contributed by atoms with Crippen LogP contribution in [0.15, 0.2) is 57.6 Å². The molecule has 0 saturated heterocycles. The third-order valence-corrected chi connectivity index (χ3v) is 3.90. The summed E-state index contributed by atoms with van der Waals surface area (Å²) in [5, 5.41) is 9.03. The Morgan fingerprint density at radius 3 is 2.70 bits per heavy atom. The average molecular weight is 429 g/mol. The molecule has 1 aromatic carbocycles. The molecular weight excluding hydrogens is 416 g/mol. The van der Waals surface area contributed by atoms with Crippen molar-refractivity contribution in [2.24, 2.45) is 0 Å². The van der Waals surface area contributed by atoms with Crippen molar-refractivity contribution in [3.05, 3.63) is 75.9 Å². The first-order valence-corrected chi connectivity index (χ1v) is 8.51. The number of nitrogens with one attached hydrogen (secondary N) is 3. The number of hydrogen-bond acceptors (Lipinski definition) is 5. The van der Waals surface area contributed by atoms with Crippen LogP contribution in [0.5, 0.6) is 5.75 Å². The predicted molar refractivity (Wildman–Crippen MR) is 97.6 cm³/mol. The number of ether oxygens (including phenoxy) is 1. The van der Waals surface area contributed by atoms with Gasteiger partial charge in [-0.05, 0) is 46.3 Å². The number of hydrazine groups is 1. The number of furan rings is 1. The van der Waals surface area contributed by atoms with E-state index < -0.39 is 11.8 Å². The average Bonchev–Trinajstić information content (AvgIpc) is 3.33. The van der Waals surface area contributed by atoms with E-state index in [4.69, 9.17) is 14.4 Å². The molecule has 0 radical (unpaired) electrons. The lowest BCUT2D eigenvalue weighted by molar-refractivity contribution is 0.0826. The summed E-state index contributed by atoms with van der Waals surface area (Å²) in [6.45, 7) is 0.0504. The number of aromatic amines is 1. The fraction of sp³-hybridized carbons (Fsp3) is 0.0556. The second-order valence-corrected chi connectivity index (χ2v) is 6.22. The first kappa shape index (κ1) is 18.3. The maximum atomic E-state index is 12.1. The number of halogens is 1. The Balaban J connectivity index is 1.54. The van der Waals surface area contributed by atoms with Crippen molar-refractivity contribution < 1.29 is 18.7 Å². The van der Waals surface area contributed by atoms with Crippen LogP contribution < -0.4 is 15.6 Å². The molecule has 3 aromatic rings. The number of amides is 2. The van der Waals surface area contributed by atoms with Crippen LogP contribution in [-0.4, -0.2) is 16.8 Å². The molecule has 8 nitrogen and oxygen atoms in total. The second-order valence-electron chi connectivity index (χ2n) is 5.30. The third-order valence-electron chi connectivity index (χ3n) is 3.44. The molecule has 0 atom stereocenters. The number of carbonyl (C=O) groups is 2. The largest absolute Gasteiger partial charge is 0.484 e. The Hall–Kier alpha value is -3.51. The van der Waals surface area contributed by atoms with E-state index in [1.54, 1.807) is 42.6 Å². The van der Waals surface area contributed by atoms with Crippen molar-refractivity contribution in [1.82, 2.24) is 15.8 Å². The third kappa shape index (κ3) is 4.56. The van der Waals surface area contributed by atoms with Crippen molar-refractivity contribution in [3.8, 4) is 11.8 Å². The van der Waals surface area contributed by atoms with Gasteiger partial charge < -0.3 is 14.1 Å². The van der Waals surface area contributed by atoms with Crippen LogP contribution in [-0.2, 0) is 6.61 Å². The van der Waals surface area contributed by atoms with Crippen LogP contribution in [0.25, 0.3) is 0 Å². The number of nitrogens with zero attached hydrogens (tertiary/aromatic N) is 1. The van der Waals surface area contributed by atoms with Gasteiger partial charge in [0.2, 0.25) is 0 Å². The van der Waals surface area contributed by atoms with Crippen LogP contribution >= 0.6 is 15.9 Å². The van der Waals surface area contributed by atoms with E-state index in [2.05, 4.69) is 31.8 Å². The Morgan fingerprint density at radius 2 is 1.96 bits per heavy atom. The number of aromatic nitrogens is 1. The summed E-state index contributed by atoms with van der Waals surface area (Å²) in [7, 11) is 0. The van der Waals surface area contributed by atoms with Crippen LogP contribution in [0.4, 0.5) is 0 Å². The first-order valence-electron chi connectivity index (χ1n) is 7.72. The standard InChI is InChI=1S/C18H13BrN4O4/c19-12-7-14(21-9-12)17(24)22-23-18(25)16-6-5-13(27-16)10-26-15-4-2-1-3-11(15)8-20/h1-7,9,21H,10H2,(H,22,24)(H,23,25). The molecule has 9 heteroatoms. The Bertz CT molecular complexity index is 1020. The summed E-state index contributed by atoms with van der Waals surface area (Å²) in [6.07, 6.45) is 1.60. The minimum atomic E-state index is -0.613. The van der Waals surface area contributed by atoms with Gasteiger partial charge in [-0.2, -0.15) is 5.26 Å². The van der Waals surface area contributed by atoms with Gasteiger partial charge in [0.15, 0.2) is 5.76 Å². The highest BCUT2D eigenvalue weighted by molar-refractivity contribution is 9.10. The molecule has 2 heterocycles. The summed E-state index contributed by atoms with van der Waals surface area (Å²) in [5.41, 5.74) is 5.22. The molecule has 3 rings (SSSR count). The molecule has 0 saturated carbocycles. The number of carbonyl (C=O) groups excluding carboxylic acids is 2. The summed E-state index contributed by atoms with van der Waals surface area (Å²) >= 11 is 3.22. The van der Waals surface area contributed by atoms with Crippen LogP contribution in [0.1, 0.15) is 32.4 Å². The first-order chi connectivity index (χ1) is 13.1. The monoisotopic (exact) mass is 428 g/mol. The summed E-state index contributed by atoms with van der Waals surface area (Å²) in [6, 6.07) is 13.4. The molecule has 0 aliphatic heterocycles. The lowest BCUT2D eigenvalue weighted by Gasteiger charge is -2.06. The van der Waals surface area contributed by atoms with Gasteiger partial charge in [0.1, 0.15) is 29.9 Å². The van der Waals surface area contributed by atoms with Gasteiger partial charge in [-0.3, -0.25) is 20.4 Å². The number of nitriles is 1. The fourth-order valence-electron chi connectivity index (χ4n) is 2.15. The summed E-state index contributed by atoms with van der Waals surface area (Å²) in [5.74, 6) is -0.288. The summed E-state index contributed by atoms with van der Waals surface area (Å²) in [4.78, 5) is 26.7. The molecule has 136 valence electrons. The van der Waals surface area contributed by atoms with Gasteiger partial charge in [0.05, 0.1) is 5.56 Å². The van der Waals surface area contributed by atoms with Gasteiger partial charge in [0.25, 0.3) is 5.91 Å². The maximum absolute atomic E-state index is 12.1. The van der Waals surface area contributed by atoms with E-state index in [0.717, 1.165) is 0 Å². The van der Waals surface area contributed by atoms with Crippen molar-refractivity contribution in [2.45, 2.75) is 6.61 Å². The van der Waals surface area contributed by atoms with E-state index in [1.165, 1.54) is 6.07 Å². The highest BCUT2D eigenvalue weighted by atomic mass is 79.9. The molecule has 27 heavy (non-hydrogen) atoms. The molecule has 0 spiro atoms. The lowest BCUT2D eigenvalue weighted by atomic mass is 10.2. The molecule has 0 fully saturated rings. The van der Waals surface area contributed by atoms with Crippen molar-refractivity contribution in [2.75, 3.05) is 0 Å². The molecule has 0 aliphatic rings. The van der Waals surface area contributed by atoms with Gasteiger partial charge in [0, 0.05) is 10.7 Å². The highest BCUT2D eigenvalue weighted by Crippen LogP contribution is 2.19. The van der Waals surface area contributed by atoms with Crippen molar-refractivity contribution in [3.63, 3.8) is 0 Å². The second kappa shape index (κ2) is 8.25. The van der Waals surface area contributed by atoms with Crippen LogP contribution in [0.3, 0.4) is 0 Å². The van der Waals surface area contributed by atoms with Gasteiger partial charge in [-0.15, -0.1) is 0 Å². The molecular formula is C18H13BrN4O4. The van der Waals surface area contributed by atoms with E-state index in [1.807, 2.05) is 6.07 Å². The molecule has 0 aliphatic carbocycles. The lowest BCUT2D eigenvalue weighted by Crippen LogP contribution is -2.41. The van der Waals surface area contributed by atoms with Crippen LogP contribution in [0.2, 0.25) is 0 Å². The molecule has 2 aromatic heterocycles. The van der Waals surface area contributed by atoms with E-state index in [9.17, 15) is 9.59 Å². The van der Waals surface area contributed by atoms with Gasteiger partial charge >= 0.3 is 5.91 Å². The molecule has 0 bridgehead atoms. The zero-order chi connectivity index (χ0) is 19.2. The van der Waals surface area contributed by atoms with Crippen molar-refractivity contribution in [1.29, 1.82) is 5.26 Å². The Morgan fingerprint density at radius 1 is 1.19 bits per heavy atom. The molecule has 2 amide bonds. The number of rotatable bonds is 5. The molecule has 3 N–H and O–H groups in total. The van der Waals surface area contributed by atoms with E-state index in [0.29, 0.717) is 21.5 Å². The number of para-hydroxylation sites is 1. The van der Waals surface area contributed by atoms with E-state index in [-0.39, 0.29) is 18.1 Å². The van der Waals surface area contributed by atoms with Crippen molar-refractivity contribution >= 4 is 27.7 Å². The van der Waals surface area contributed by atoms with Crippen LogP contribution in [0, 0.1) is 11.3 Å². The zero-order valence-corrected chi connectivity index (χ0v) is 15.4. The Labute approximate surface area is 162 Å². The highest BCUT2D eigenvalue weighted by Gasteiger charge is 2.14.